The van der Waals surface area contributed by atoms with E-state index in [0.717, 1.165) is 30.2 Å². The maximum atomic E-state index is 10.9. The van der Waals surface area contributed by atoms with Gasteiger partial charge < -0.3 is 9.67 Å². The normalized spacial score (nSPS) is 15.2. The summed E-state index contributed by atoms with van der Waals surface area (Å²) in [7, 11) is 0. The van der Waals surface area contributed by atoms with Crippen LogP contribution < -0.4 is 10.00 Å². The maximum absolute atomic E-state index is 10.9. The van der Waals surface area contributed by atoms with Gasteiger partial charge in [0.1, 0.15) is 24.7 Å². The molecular weight excluding hydrogens is 234 g/mol. The Kier molecular flexibility index (Phi) is 2.32. The lowest BCUT2D eigenvalue weighted by atomic mass is 10.2. The summed E-state index contributed by atoms with van der Waals surface area (Å²) in [5.41, 5.74) is 1.73. The van der Waals surface area contributed by atoms with E-state index in [4.69, 9.17) is 5.11 Å². The number of rotatable bonds is 3. The summed E-state index contributed by atoms with van der Waals surface area (Å²) >= 11 is 0. The van der Waals surface area contributed by atoms with E-state index in [1.54, 1.807) is 24.0 Å². The maximum Gasteiger partial charge on any atom is 0.326 e. The number of anilines is 1. The second-order valence-corrected chi connectivity index (χ2v) is 4.33. The summed E-state index contributed by atoms with van der Waals surface area (Å²) in [5, 5.41) is 15.4. The molecule has 1 unspecified atom stereocenters. The molecule has 0 spiro atoms. The predicted octanol–water partition coefficient (Wildman–Crippen LogP) is 0.237. The van der Waals surface area contributed by atoms with Crippen molar-refractivity contribution in [1.82, 2.24) is 14.6 Å². The third-order valence-electron chi connectivity index (χ3n) is 3.20. The van der Waals surface area contributed by atoms with E-state index < -0.39 is 12.0 Å². The highest BCUT2D eigenvalue weighted by Gasteiger charge is 2.26. The Hall–Kier alpha value is -2.31. The number of fused-ring (bicyclic) bond motifs is 1. The molecule has 3 rings (SSSR count). The molecule has 0 radical (unpaired) electrons. The standard InChI is InChI=1S/C11H13N5O2/c1-7(11(17)18)15-5-9(13-6-15)8-4-14-16-3-2-12-10(8)16/h4-7H,2-3H2,1H3,(H2,12,14,17,18)/p+1. The third kappa shape index (κ3) is 1.55. The number of carboxylic acid groups (broad SMARTS) is 1. The molecule has 0 saturated carbocycles. The number of nitrogens with one attached hydrogen (secondary N) is 2. The first-order valence-electron chi connectivity index (χ1n) is 5.78. The molecule has 1 atom stereocenters. The summed E-state index contributed by atoms with van der Waals surface area (Å²) < 4.78 is 3.60. The molecule has 18 heavy (non-hydrogen) atoms. The van der Waals surface area contributed by atoms with Gasteiger partial charge in [0.25, 0.3) is 0 Å². The van der Waals surface area contributed by atoms with Gasteiger partial charge in [-0.25, -0.2) is 14.9 Å². The van der Waals surface area contributed by atoms with Gasteiger partial charge in [-0.05, 0) is 6.92 Å². The van der Waals surface area contributed by atoms with E-state index in [9.17, 15) is 4.79 Å². The van der Waals surface area contributed by atoms with Crippen molar-refractivity contribution in [1.29, 1.82) is 0 Å². The van der Waals surface area contributed by atoms with Crippen molar-refractivity contribution in [2.24, 2.45) is 0 Å². The molecule has 0 aliphatic carbocycles. The van der Waals surface area contributed by atoms with Gasteiger partial charge in [0.15, 0.2) is 0 Å². The molecule has 0 fully saturated rings. The number of aromatic amines is 1. The number of H-pyrrole nitrogens is 1. The first-order chi connectivity index (χ1) is 8.66. The Morgan fingerprint density at radius 3 is 3.28 bits per heavy atom. The van der Waals surface area contributed by atoms with Crippen molar-refractivity contribution >= 4 is 11.8 Å². The number of aromatic nitrogens is 4. The molecule has 1 aliphatic heterocycles. The lowest BCUT2D eigenvalue weighted by molar-refractivity contribution is -0.725. The number of hydrogen-bond donors (Lipinski definition) is 3. The van der Waals surface area contributed by atoms with Crippen LogP contribution in [-0.2, 0) is 11.3 Å². The number of carboxylic acids is 1. The zero-order valence-electron chi connectivity index (χ0n) is 9.92. The average Bonchev–Trinajstić information content (AvgIpc) is 3.02. The van der Waals surface area contributed by atoms with Gasteiger partial charge in [-0.1, -0.05) is 0 Å². The van der Waals surface area contributed by atoms with E-state index in [1.807, 2.05) is 10.9 Å². The van der Waals surface area contributed by atoms with E-state index in [-0.39, 0.29) is 0 Å². The van der Waals surface area contributed by atoms with E-state index in [0.29, 0.717) is 0 Å². The van der Waals surface area contributed by atoms with Crippen LogP contribution in [0.4, 0.5) is 5.82 Å². The minimum Gasteiger partial charge on any atom is -0.480 e. The zero-order chi connectivity index (χ0) is 12.7. The van der Waals surface area contributed by atoms with E-state index in [2.05, 4.69) is 15.4 Å². The van der Waals surface area contributed by atoms with Crippen molar-refractivity contribution in [3.8, 4) is 11.3 Å². The number of imidazole rings is 1. The highest BCUT2D eigenvalue weighted by molar-refractivity contribution is 5.73. The molecular formula is C11H14N5O2+. The van der Waals surface area contributed by atoms with Crippen molar-refractivity contribution in [2.45, 2.75) is 19.5 Å². The summed E-state index contributed by atoms with van der Waals surface area (Å²) in [5.74, 6) is 0.133. The molecule has 3 heterocycles. The topological polar surface area (TPSA) is 86.8 Å². The fourth-order valence-corrected chi connectivity index (χ4v) is 2.08. The molecule has 7 nitrogen and oxygen atoms in total. The molecule has 1 aliphatic rings. The molecule has 0 bridgehead atoms. The highest BCUT2D eigenvalue weighted by atomic mass is 16.4. The monoisotopic (exact) mass is 248 g/mol. The van der Waals surface area contributed by atoms with E-state index in [1.165, 1.54) is 0 Å². The number of hydrogen-bond acceptors (Lipinski definition) is 3. The predicted molar refractivity (Wildman–Crippen MR) is 63.0 cm³/mol. The highest BCUT2D eigenvalue weighted by Crippen LogP contribution is 2.25. The average molecular weight is 248 g/mol. The molecule has 7 heteroatoms. The number of aliphatic carboxylic acids is 1. The first-order valence-corrected chi connectivity index (χ1v) is 5.78. The van der Waals surface area contributed by atoms with Crippen LogP contribution in [0.3, 0.4) is 0 Å². The van der Waals surface area contributed by atoms with E-state index >= 15 is 0 Å². The van der Waals surface area contributed by atoms with Gasteiger partial charge in [-0.15, -0.1) is 0 Å². The van der Waals surface area contributed by atoms with Crippen molar-refractivity contribution in [2.75, 3.05) is 11.9 Å². The largest absolute Gasteiger partial charge is 0.480 e. The second-order valence-electron chi connectivity index (χ2n) is 4.33. The molecule has 0 aromatic carbocycles. The van der Waals surface area contributed by atoms with Crippen LogP contribution in [0.2, 0.25) is 0 Å². The van der Waals surface area contributed by atoms with Crippen LogP contribution in [0.1, 0.15) is 13.0 Å². The van der Waals surface area contributed by atoms with Crippen LogP contribution in [0, 0.1) is 0 Å². The Bertz CT molecular complexity index is 600. The fourth-order valence-electron chi connectivity index (χ4n) is 2.08. The SMILES string of the molecule is CC(C(=O)O)n1cnc(-c2c[nH][n+]3c2NCC3)c1. The molecule has 94 valence electrons. The van der Waals surface area contributed by atoms with Gasteiger partial charge >= 0.3 is 11.8 Å². The Morgan fingerprint density at radius 1 is 1.67 bits per heavy atom. The molecule has 0 amide bonds. The Balaban J connectivity index is 1.96. The Labute approximate surface area is 103 Å². The zero-order valence-corrected chi connectivity index (χ0v) is 9.92. The Morgan fingerprint density at radius 2 is 2.50 bits per heavy atom. The van der Waals surface area contributed by atoms with Gasteiger partial charge in [0, 0.05) is 6.20 Å². The van der Waals surface area contributed by atoms with Crippen LogP contribution in [0.15, 0.2) is 18.7 Å². The van der Waals surface area contributed by atoms with Gasteiger partial charge in [-0.2, -0.15) is 4.68 Å². The molecule has 3 N–H and O–H groups in total. The molecule has 2 aromatic heterocycles. The van der Waals surface area contributed by atoms with Crippen molar-refractivity contribution in [3.63, 3.8) is 0 Å². The second kappa shape index (κ2) is 3.86. The number of carbonyl (C=O) groups is 1. The lowest BCUT2D eigenvalue weighted by Gasteiger charge is -2.05. The summed E-state index contributed by atoms with van der Waals surface area (Å²) in [6, 6.07) is -0.612. The van der Waals surface area contributed by atoms with Crippen molar-refractivity contribution in [3.05, 3.63) is 18.7 Å². The summed E-state index contributed by atoms with van der Waals surface area (Å²) in [6.45, 7) is 3.43. The van der Waals surface area contributed by atoms with Gasteiger partial charge in [0.2, 0.25) is 0 Å². The minimum absolute atomic E-state index is 0.612. The smallest absolute Gasteiger partial charge is 0.326 e. The van der Waals surface area contributed by atoms with Crippen LogP contribution in [0.25, 0.3) is 11.3 Å². The lowest BCUT2D eigenvalue weighted by Crippen LogP contribution is -2.32. The molecule has 2 aromatic rings. The quantitative estimate of drug-likeness (QED) is 0.679. The van der Waals surface area contributed by atoms with Gasteiger partial charge in [-0.3, -0.25) is 5.32 Å². The fraction of sp³-hybridized carbons (Fsp3) is 0.364. The van der Waals surface area contributed by atoms with Gasteiger partial charge in [0.05, 0.1) is 18.2 Å². The van der Waals surface area contributed by atoms with Crippen LogP contribution in [-0.4, -0.2) is 32.3 Å². The third-order valence-corrected chi connectivity index (χ3v) is 3.20. The van der Waals surface area contributed by atoms with Crippen LogP contribution >= 0.6 is 0 Å². The summed E-state index contributed by atoms with van der Waals surface area (Å²) in [6.07, 6.45) is 5.18. The number of nitrogens with zero attached hydrogens (tertiary/aromatic N) is 3. The van der Waals surface area contributed by atoms with Crippen LogP contribution in [0.5, 0.6) is 0 Å². The summed E-state index contributed by atoms with van der Waals surface area (Å²) in [4.78, 5) is 15.2. The first kappa shape index (κ1) is 10.8. The van der Waals surface area contributed by atoms with Crippen molar-refractivity contribution < 1.29 is 14.6 Å². The minimum atomic E-state index is -0.870. The molecule has 0 saturated heterocycles.